The lowest BCUT2D eigenvalue weighted by atomic mass is 10.2. The average Bonchev–Trinajstić information content (AvgIpc) is 2.69. The van der Waals surface area contributed by atoms with Gasteiger partial charge in [-0.3, -0.25) is 4.79 Å². The van der Waals surface area contributed by atoms with Crippen LogP contribution >= 0.6 is 0 Å². The van der Waals surface area contributed by atoms with E-state index in [1.54, 1.807) is 19.2 Å². The number of methoxy groups -OCH3 is 1. The Morgan fingerprint density at radius 3 is 2.48 bits per heavy atom. The van der Waals surface area contributed by atoms with Crippen molar-refractivity contribution in [3.8, 4) is 5.75 Å². The third-order valence-electron chi connectivity index (χ3n) is 3.69. The number of nitrogens with one attached hydrogen (secondary N) is 2. The van der Waals surface area contributed by atoms with E-state index < -0.39 is 17.5 Å². The number of benzene rings is 2. The number of hydrogen-bond acceptors (Lipinski definition) is 5. The summed E-state index contributed by atoms with van der Waals surface area (Å²) in [6.45, 7) is 0.325. The van der Waals surface area contributed by atoms with E-state index >= 15 is 0 Å². The number of nitrogens with zero attached hydrogens (tertiary/aromatic N) is 2. The number of rotatable bonds is 6. The summed E-state index contributed by atoms with van der Waals surface area (Å²) in [4.78, 5) is 20.2. The van der Waals surface area contributed by atoms with E-state index in [-0.39, 0.29) is 17.2 Å². The van der Waals surface area contributed by atoms with Crippen LogP contribution in [0.5, 0.6) is 5.75 Å². The molecule has 8 heteroatoms. The molecule has 0 atom stereocenters. The number of carbonyl (C=O) groups is 1. The van der Waals surface area contributed by atoms with Gasteiger partial charge in [0.15, 0.2) is 0 Å². The first-order valence-electron chi connectivity index (χ1n) is 8.00. The molecular weight excluding hydrogens is 354 g/mol. The van der Waals surface area contributed by atoms with Crippen molar-refractivity contribution in [3.05, 3.63) is 77.8 Å². The zero-order chi connectivity index (χ0) is 19.2. The highest BCUT2D eigenvalue weighted by Crippen LogP contribution is 2.18. The van der Waals surface area contributed by atoms with E-state index in [4.69, 9.17) is 4.74 Å². The molecule has 0 saturated heterocycles. The van der Waals surface area contributed by atoms with Gasteiger partial charge in [-0.05, 0) is 29.8 Å². The summed E-state index contributed by atoms with van der Waals surface area (Å²) in [5, 5.41) is 5.41. The van der Waals surface area contributed by atoms with Crippen LogP contribution in [0.1, 0.15) is 16.1 Å². The zero-order valence-corrected chi connectivity index (χ0v) is 14.4. The van der Waals surface area contributed by atoms with E-state index in [9.17, 15) is 13.6 Å². The quantitative estimate of drug-likeness (QED) is 0.695. The maximum atomic E-state index is 13.6. The number of halogens is 2. The number of ether oxygens (including phenoxy) is 1. The summed E-state index contributed by atoms with van der Waals surface area (Å²) in [7, 11) is 1.58. The van der Waals surface area contributed by atoms with Gasteiger partial charge in [-0.2, -0.15) is 0 Å². The molecule has 0 aliphatic carbocycles. The Bertz CT molecular complexity index is 931. The number of carbonyl (C=O) groups excluding carboxylic acids is 1. The summed E-state index contributed by atoms with van der Waals surface area (Å²) < 4.78 is 31.6. The second-order valence-corrected chi connectivity index (χ2v) is 5.57. The molecule has 0 aliphatic rings. The predicted octanol–water partition coefficient (Wildman–Crippen LogP) is 3.44. The van der Waals surface area contributed by atoms with Crippen LogP contribution in [-0.2, 0) is 6.54 Å². The van der Waals surface area contributed by atoms with Crippen molar-refractivity contribution < 1.29 is 18.3 Å². The summed E-state index contributed by atoms with van der Waals surface area (Å²) in [6, 6.07) is 10.4. The molecule has 3 aromatic rings. The van der Waals surface area contributed by atoms with Crippen LogP contribution in [0.15, 0.2) is 54.9 Å². The van der Waals surface area contributed by atoms with Gasteiger partial charge < -0.3 is 15.4 Å². The lowest BCUT2D eigenvalue weighted by Gasteiger charge is -2.08. The third-order valence-corrected chi connectivity index (χ3v) is 3.69. The molecule has 2 N–H and O–H groups in total. The second-order valence-electron chi connectivity index (χ2n) is 5.57. The molecule has 0 aliphatic heterocycles. The molecule has 1 heterocycles. The standard InChI is InChI=1S/C19H16F2N4O2/c1-27-14-5-2-12(3-6-14)9-24-19(26)17-10-23-18(11-22-17)25-16-7-4-13(20)8-15(16)21/h2-8,10-11H,9H2,1H3,(H,23,25)(H,24,26). The van der Waals surface area contributed by atoms with Crippen molar-refractivity contribution in [1.82, 2.24) is 15.3 Å². The van der Waals surface area contributed by atoms with E-state index in [1.807, 2.05) is 12.1 Å². The number of amides is 1. The van der Waals surface area contributed by atoms with Crippen molar-refractivity contribution >= 4 is 17.4 Å². The molecule has 0 bridgehead atoms. The first-order valence-corrected chi connectivity index (χ1v) is 8.00. The summed E-state index contributed by atoms with van der Waals surface area (Å²) in [5.74, 6) is -0.854. The Morgan fingerprint density at radius 2 is 1.85 bits per heavy atom. The van der Waals surface area contributed by atoms with Crippen LogP contribution < -0.4 is 15.4 Å². The van der Waals surface area contributed by atoms with Gasteiger partial charge in [-0.15, -0.1) is 0 Å². The monoisotopic (exact) mass is 370 g/mol. The van der Waals surface area contributed by atoms with Crippen molar-refractivity contribution in [2.45, 2.75) is 6.54 Å². The van der Waals surface area contributed by atoms with Crippen molar-refractivity contribution in [2.24, 2.45) is 0 Å². The van der Waals surface area contributed by atoms with E-state index in [1.165, 1.54) is 18.5 Å². The van der Waals surface area contributed by atoms with Gasteiger partial charge in [0.1, 0.15) is 28.9 Å². The molecule has 138 valence electrons. The van der Waals surface area contributed by atoms with E-state index in [0.717, 1.165) is 23.4 Å². The molecule has 1 amide bonds. The molecule has 0 spiro atoms. The summed E-state index contributed by atoms with van der Waals surface area (Å²) >= 11 is 0. The minimum atomic E-state index is -0.752. The van der Waals surface area contributed by atoms with Crippen LogP contribution in [0.3, 0.4) is 0 Å². The van der Waals surface area contributed by atoms with Gasteiger partial charge in [-0.25, -0.2) is 18.7 Å². The van der Waals surface area contributed by atoms with E-state index in [0.29, 0.717) is 6.54 Å². The van der Waals surface area contributed by atoms with Crippen molar-refractivity contribution in [3.63, 3.8) is 0 Å². The zero-order valence-electron chi connectivity index (χ0n) is 14.4. The highest BCUT2D eigenvalue weighted by molar-refractivity contribution is 5.92. The molecule has 0 saturated carbocycles. The van der Waals surface area contributed by atoms with Gasteiger partial charge in [0.2, 0.25) is 0 Å². The summed E-state index contributed by atoms with van der Waals surface area (Å²) in [6.07, 6.45) is 2.57. The highest BCUT2D eigenvalue weighted by Gasteiger charge is 2.09. The lowest BCUT2D eigenvalue weighted by molar-refractivity contribution is 0.0945. The van der Waals surface area contributed by atoms with Crippen LogP contribution in [-0.4, -0.2) is 23.0 Å². The van der Waals surface area contributed by atoms with Gasteiger partial charge in [-0.1, -0.05) is 12.1 Å². The molecule has 27 heavy (non-hydrogen) atoms. The fourth-order valence-corrected chi connectivity index (χ4v) is 2.25. The van der Waals surface area contributed by atoms with Crippen LogP contribution in [0, 0.1) is 11.6 Å². The summed E-state index contributed by atoms with van der Waals surface area (Å²) in [5.41, 5.74) is 1.08. The fraction of sp³-hybridized carbons (Fsp3) is 0.105. The first-order chi connectivity index (χ1) is 13.0. The van der Waals surface area contributed by atoms with Crippen molar-refractivity contribution in [1.29, 1.82) is 0 Å². The molecule has 0 fully saturated rings. The Kier molecular flexibility index (Phi) is 5.55. The van der Waals surface area contributed by atoms with Gasteiger partial charge in [0, 0.05) is 12.6 Å². The number of hydrogen-bond donors (Lipinski definition) is 2. The molecule has 3 rings (SSSR count). The van der Waals surface area contributed by atoms with Crippen LogP contribution in [0.2, 0.25) is 0 Å². The van der Waals surface area contributed by atoms with Gasteiger partial charge in [0.25, 0.3) is 5.91 Å². The smallest absolute Gasteiger partial charge is 0.271 e. The van der Waals surface area contributed by atoms with Crippen molar-refractivity contribution in [2.75, 3.05) is 12.4 Å². The fourth-order valence-electron chi connectivity index (χ4n) is 2.25. The van der Waals surface area contributed by atoms with Gasteiger partial charge >= 0.3 is 0 Å². The largest absolute Gasteiger partial charge is 0.497 e. The minimum Gasteiger partial charge on any atom is -0.497 e. The maximum absolute atomic E-state index is 13.6. The highest BCUT2D eigenvalue weighted by atomic mass is 19.1. The minimum absolute atomic E-state index is 0.0578. The van der Waals surface area contributed by atoms with Gasteiger partial charge in [0.05, 0.1) is 25.2 Å². The second kappa shape index (κ2) is 8.22. The Balaban J connectivity index is 1.59. The average molecular weight is 370 g/mol. The SMILES string of the molecule is COc1ccc(CNC(=O)c2cnc(Nc3ccc(F)cc3F)cn2)cc1. The van der Waals surface area contributed by atoms with Crippen LogP contribution in [0.4, 0.5) is 20.3 Å². The van der Waals surface area contributed by atoms with Crippen LogP contribution in [0.25, 0.3) is 0 Å². The molecule has 6 nitrogen and oxygen atoms in total. The maximum Gasteiger partial charge on any atom is 0.271 e. The topological polar surface area (TPSA) is 76.1 Å². The number of aromatic nitrogens is 2. The Labute approximate surface area is 154 Å². The normalized spacial score (nSPS) is 10.3. The molecular formula is C19H16F2N4O2. The lowest BCUT2D eigenvalue weighted by Crippen LogP contribution is -2.24. The predicted molar refractivity (Wildman–Crippen MR) is 95.8 cm³/mol. The Hall–Kier alpha value is -3.55. The molecule has 0 radical (unpaired) electrons. The Morgan fingerprint density at radius 1 is 1.07 bits per heavy atom. The van der Waals surface area contributed by atoms with E-state index in [2.05, 4.69) is 20.6 Å². The molecule has 1 aromatic heterocycles. The first kappa shape index (κ1) is 18.2. The number of anilines is 2. The molecule has 2 aromatic carbocycles. The molecule has 0 unspecified atom stereocenters. The third kappa shape index (κ3) is 4.75.